The molecular weight excluding hydrogens is 330 g/mol. The van der Waals surface area contributed by atoms with Gasteiger partial charge in [0.25, 0.3) is 0 Å². The van der Waals surface area contributed by atoms with Gasteiger partial charge in [0.2, 0.25) is 5.91 Å². The van der Waals surface area contributed by atoms with E-state index in [0.29, 0.717) is 24.8 Å². The summed E-state index contributed by atoms with van der Waals surface area (Å²) in [6.45, 7) is 5.85. The number of hydroxylamine groups is 1. The smallest absolute Gasteiger partial charge is 0.246 e. The third-order valence-corrected chi connectivity index (χ3v) is 4.74. The van der Waals surface area contributed by atoms with Crippen molar-refractivity contribution >= 4 is 22.5 Å². The van der Waals surface area contributed by atoms with E-state index in [-0.39, 0.29) is 17.1 Å². The lowest BCUT2D eigenvalue weighted by Crippen LogP contribution is -2.36. The summed E-state index contributed by atoms with van der Waals surface area (Å²) in [5.41, 5.74) is 2.13. The fourth-order valence-corrected chi connectivity index (χ4v) is 3.17. The molecule has 5 heteroatoms. The Bertz CT molecular complexity index is 792. The summed E-state index contributed by atoms with van der Waals surface area (Å²) in [6, 6.07) is 11.4. The van der Waals surface area contributed by atoms with Gasteiger partial charge in [-0.1, -0.05) is 39.0 Å². The molecule has 0 fully saturated rings. The minimum absolute atomic E-state index is 0.0554. The van der Waals surface area contributed by atoms with E-state index >= 15 is 0 Å². The lowest BCUT2D eigenvalue weighted by molar-refractivity contribution is -0.137. The number of benzene rings is 2. The van der Waals surface area contributed by atoms with Gasteiger partial charge >= 0.3 is 0 Å². The first-order chi connectivity index (χ1) is 12.3. The highest BCUT2D eigenvalue weighted by atomic mass is 16.5. The van der Waals surface area contributed by atoms with Gasteiger partial charge in [0.1, 0.15) is 5.75 Å². The van der Waals surface area contributed by atoms with Crippen LogP contribution in [0.1, 0.15) is 50.4 Å². The summed E-state index contributed by atoms with van der Waals surface area (Å²) in [5, 5.41) is 10.9. The molecule has 0 aromatic heterocycles. The molecule has 0 bridgehead atoms. The third-order valence-electron chi connectivity index (χ3n) is 4.74. The number of fused-ring (bicyclic) bond motifs is 1. The van der Waals surface area contributed by atoms with Crippen LogP contribution in [0.2, 0.25) is 0 Å². The molecule has 0 aliphatic carbocycles. The van der Waals surface area contributed by atoms with Crippen LogP contribution in [0.3, 0.4) is 0 Å². The van der Waals surface area contributed by atoms with Crippen LogP contribution >= 0.6 is 0 Å². The van der Waals surface area contributed by atoms with E-state index in [1.807, 2.05) is 57.2 Å². The molecule has 2 rings (SSSR count). The van der Waals surface area contributed by atoms with Crippen molar-refractivity contribution in [2.75, 3.05) is 7.11 Å². The number of amides is 1. The van der Waals surface area contributed by atoms with Gasteiger partial charge in [-0.3, -0.25) is 14.8 Å². The van der Waals surface area contributed by atoms with Crippen molar-refractivity contribution in [1.29, 1.82) is 0 Å². The highest BCUT2D eigenvalue weighted by molar-refractivity contribution is 6.00. The summed E-state index contributed by atoms with van der Waals surface area (Å²) < 4.78 is 5.21. The molecule has 2 N–H and O–H groups in total. The zero-order valence-corrected chi connectivity index (χ0v) is 15.8. The molecule has 0 aliphatic heterocycles. The molecule has 0 heterocycles. The Labute approximate surface area is 154 Å². The molecule has 2 aromatic carbocycles. The van der Waals surface area contributed by atoms with Crippen molar-refractivity contribution in [3.63, 3.8) is 0 Å². The summed E-state index contributed by atoms with van der Waals surface area (Å²) in [5.74, 6) is 0.0979. The van der Waals surface area contributed by atoms with Crippen LogP contribution in [0, 0.1) is 11.3 Å². The largest absolute Gasteiger partial charge is 0.497 e. The number of carbonyl (C=O) groups is 2. The molecule has 0 saturated carbocycles. The van der Waals surface area contributed by atoms with Gasteiger partial charge in [-0.25, -0.2) is 5.48 Å². The third kappa shape index (κ3) is 4.82. The number of Topliss-reactive ketones (excluding diaryl/α,β-unsaturated/α-hetero) is 1. The monoisotopic (exact) mass is 357 g/mol. The molecule has 0 aliphatic rings. The van der Waals surface area contributed by atoms with E-state index in [2.05, 4.69) is 0 Å². The van der Waals surface area contributed by atoms with E-state index in [1.165, 1.54) is 0 Å². The number of ketones is 1. The van der Waals surface area contributed by atoms with Crippen molar-refractivity contribution in [3.05, 3.63) is 42.0 Å². The van der Waals surface area contributed by atoms with Crippen molar-refractivity contribution in [3.8, 4) is 5.75 Å². The molecule has 1 atom stereocenters. The molecule has 0 radical (unpaired) electrons. The van der Waals surface area contributed by atoms with Gasteiger partial charge in [-0.2, -0.15) is 0 Å². The molecule has 0 saturated heterocycles. The quantitative estimate of drug-likeness (QED) is 0.438. The molecule has 1 unspecified atom stereocenters. The highest BCUT2D eigenvalue weighted by Crippen LogP contribution is 2.30. The number of ether oxygens (including phenoxy) is 1. The first-order valence-electron chi connectivity index (χ1n) is 8.81. The average Bonchev–Trinajstić information content (AvgIpc) is 2.62. The van der Waals surface area contributed by atoms with E-state index < -0.39 is 5.91 Å². The number of methoxy groups -OCH3 is 1. The van der Waals surface area contributed by atoms with Crippen LogP contribution in [-0.2, 0) is 4.79 Å². The summed E-state index contributed by atoms with van der Waals surface area (Å²) >= 11 is 0. The van der Waals surface area contributed by atoms with Crippen LogP contribution < -0.4 is 10.2 Å². The molecular formula is C21H27NO4. The maximum atomic E-state index is 12.5. The van der Waals surface area contributed by atoms with Crippen LogP contribution in [-0.4, -0.2) is 24.0 Å². The second-order valence-electron chi connectivity index (χ2n) is 7.64. The second-order valence-corrected chi connectivity index (χ2v) is 7.64. The molecule has 140 valence electrons. The van der Waals surface area contributed by atoms with Crippen molar-refractivity contribution < 1.29 is 19.5 Å². The van der Waals surface area contributed by atoms with Gasteiger partial charge in [0.05, 0.1) is 7.11 Å². The Balaban J connectivity index is 2.03. The van der Waals surface area contributed by atoms with Gasteiger partial charge < -0.3 is 4.74 Å². The van der Waals surface area contributed by atoms with E-state index in [4.69, 9.17) is 9.94 Å². The lowest BCUT2D eigenvalue weighted by Gasteiger charge is -2.28. The zero-order valence-electron chi connectivity index (χ0n) is 15.8. The second kappa shape index (κ2) is 8.32. The van der Waals surface area contributed by atoms with Crippen molar-refractivity contribution in [2.45, 2.75) is 40.0 Å². The molecule has 0 spiro atoms. The van der Waals surface area contributed by atoms with E-state index in [0.717, 1.165) is 16.5 Å². The number of hydrogen-bond donors (Lipinski definition) is 2. The number of rotatable bonds is 7. The maximum Gasteiger partial charge on any atom is 0.246 e. The average molecular weight is 357 g/mol. The fourth-order valence-electron chi connectivity index (χ4n) is 3.17. The van der Waals surface area contributed by atoms with E-state index in [1.54, 1.807) is 12.6 Å². The molecule has 2 aromatic rings. The Morgan fingerprint density at radius 1 is 1.12 bits per heavy atom. The van der Waals surface area contributed by atoms with Gasteiger partial charge in [-0.05, 0) is 47.2 Å². The maximum absolute atomic E-state index is 12.5. The van der Waals surface area contributed by atoms with Gasteiger partial charge in [-0.15, -0.1) is 0 Å². The SMILES string of the molecule is COc1ccc2cc(C(=O)CCCC(C(=O)NO)C(C)(C)C)ccc2c1. The van der Waals surface area contributed by atoms with Crippen molar-refractivity contribution in [2.24, 2.45) is 11.3 Å². The van der Waals surface area contributed by atoms with Crippen LogP contribution in [0.4, 0.5) is 0 Å². The minimum atomic E-state index is -0.399. The predicted molar refractivity (Wildman–Crippen MR) is 102 cm³/mol. The van der Waals surface area contributed by atoms with Gasteiger partial charge in [0, 0.05) is 17.9 Å². The van der Waals surface area contributed by atoms with Crippen LogP contribution in [0.15, 0.2) is 36.4 Å². The van der Waals surface area contributed by atoms with Crippen molar-refractivity contribution in [1.82, 2.24) is 5.48 Å². The highest BCUT2D eigenvalue weighted by Gasteiger charge is 2.30. The zero-order chi connectivity index (χ0) is 19.3. The Hall–Kier alpha value is -2.40. The molecule has 26 heavy (non-hydrogen) atoms. The number of nitrogens with one attached hydrogen (secondary N) is 1. The fraction of sp³-hybridized carbons (Fsp3) is 0.429. The predicted octanol–water partition coefficient (Wildman–Crippen LogP) is 4.37. The van der Waals surface area contributed by atoms with E-state index in [9.17, 15) is 9.59 Å². The summed E-state index contributed by atoms with van der Waals surface area (Å²) in [6.07, 6.45) is 1.51. The topological polar surface area (TPSA) is 75.6 Å². The Morgan fingerprint density at radius 3 is 2.38 bits per heavy atom. The first kappa shape index (κ1) is 19.9. The number of hydrogen-bond acceptors (Lipinski definition) is 4. The Morgan fingerprint density at radius 2 is 1.77 bits per heavy atom. The van der Waals surface area contributed by atoms with Crippen LogP contribution in [0.25, 0.3) is 10.8 Å². The first-order valence-corrected chi connectivity index (χ1v) is 8.81. The van der Waals surface area contributed by atoms with Gasteiger partial charge in [0.15, 0.2) is 5.78 Å². The number of carbonyl (C=O) groups excluding carboxylic acids is 2. The summed E-state index contributed by atoms with van der Waals surface area (Å²) in [4.78, 5) is 24.4. The Kier molecular flexibility index (Phi) is 6.37. The normalized spacial score (nSPS) is 12.7. The lowest BCUT2D eigenvalue weighted by atomic mass is 9.77. The molecule has 5 nitrogen and oxygen atoms in total. The van der Waals surface area contributed by atoms with Crippen LogP contribution in [0.5, 0.6) is 5.75 Å². The minimum Gasteiger partial charge on any atom is -0.497 e. The standard InChI is InChI=1S/C21H27NO4/c1-21(2,3)18(20(24)22-25)6-5-7-19(23)16-9-8-15-13-17(26-4)11-10-14(15)12-16/h8-13,18,25H,5-7H2,1-4H3,(H,22,24). The summed E-state index contributed by atoms with van der Waals surface area (Å²) in [7, 11) is 1.63. The molecule has 1 amide bonds.